The normalized spacial score (nSPS) is 15.5. The number of rotatable bonds is 5. The molecule has 0 N–H and O–H groups in total. The molecule has 0 saturated carbocycles. The van der Waals surface area contributed by atoms with Crippen LogP contribution >= 0.6 is 0 Å². The molecule has 2 heterocycles. The number of amides is 1. The van der Waals surface area contributed by atoms with Crippen LogP contribution in [-0.2, 0) is 16.4 Å². The van der Waals surface area contributed by atoms with Gasteiger partial charge in [-0.05, 0) is 48.4 Å². The lowest BCUT2D eigenvalue weighted by atomic mass is 10.1. The Bertz CT molecular complexity index is 1050. The van der Waals surface area contributed by atoms with Gasteiger partial charge in [0.15, 0.2) is 11.5 Å². The number of carbonyl (C=O) groups is 1. The summed E-state index contributed by atoms with van der Waals surface area (Å²) in [5, 5.41) is 0. The maximum Gasteiger partial charge on any atom is 0.258 e. The van der Waals surface area contributed by atoms with Crippen LogP contribution in [0.4, 0.5) is 5.69 Å². The maximum atomic E-state index is 13.1. The molecule has 0 saturated heterocycles. The van der Waals surface area contributed by atoms with Crippen molar-refractivity contribution in [1.29, 1.82) is 0 Å². The summed E-state index contributed by atoms with van der Waals surface area (Å²) in [4.78, 5) is 15.0. The Morgan fingerprint density at radius 2 is 1.76 bits per heavy atom. The average molecular weight is 416 g/mol. The Labute approximate surface area is 170 Å². The molecule has 4 rings (SSSR count). The van der Waals surface area contributed by atoms with E-state index in [2.05, 4.69) is 0 Å². The van der Waals surface area contributed by atoms with E-state index in [1.807, 2.05) is 13.8 Å². The number of carbonyl (C=O) groups excluding carboxylic acids is 1. The SMILES string of the molecule is CCN(CC)S(=O)(=O)c1ccc2c(c1)CCN2C(=O)c1ccc2c(c1)OCCO2. The first-order valence-electron chi connectivity index (χ1n) is 9.80. The van der Waals surface area contributed by atoms with Gasteiger partial charge in [0.05, 0.1) is 4.90 Å². The molecule has 2 aliphatic heterocycles. The third-order valence-electron chi connectivity index (χ3n) is 5.32. The van der Waals surface area contributed by atoms with Crippen LogP contribution in [0.25, 0.3) is 0 Å². The molecule has 154 valence electrons. The van der Waals surface area contributed by atoms with Gasteiger partial charge in [0.1, 0.15) is 13.2 Å². The second kappa shape index (κ2) is 7.68. The first-order valence-corrected chi connectivity index (χ1v) is 11.2. The van der Waals surface area contributed by atoms with E-state index in [1.54, 1.807) is 41.3 Å². The smallest absolute Gasteiger partial charge is 0.258 e. The molecule has 0 atom stereocenters. The molecule has 1 amide bonds. The molecule has 0 fully saturated rings. The highest BCUT2D eigenvalue weighted by atomic mass is 32.2. The van der Waals surface area contributed by atoms with Crippen molar-refractivity contribution in [3.05, 3.63) is 47.5 Å². The van der Waals surface area contributed by atoms with Crippen molar-refractivity contribution in [2.24, 2.45) is 0 Å². The third kappa shape index (κ3) is 3.47. The monoisotopic (exact) mass is 416 g/mol. The van der Waals surface area contributed by atoms with Crippen LogP contribution < -0.4 is 14.4 Å². The molecule has 0 unspecified atom stereocenters. The highest BCUT2D eigenvalue weighted by Crippen LogP contribution is 2.35. The molecule has 0 aliphatic carbocycles. The fourth-order valence-electron chi connectivity index (χ4n) is 3.79. The van der Waals surface area contributed by atoms with Crippen LogP contribution in [-0.4, -0.2) is 51.5 Å². The Morgan fingerprint density at radius 3 is 2.48 bits per heavy atom. The van der Waals surface area contributed by atoms with E-state index in [0.717, 1.165) is 11.3 Å². The molecular weight excluding hydrogens is 392 g/mol. The molecule has 8 heteroatoms. The van der Waals surface area contributed by atoms with Crippen LogP contribution in [0.5, 0.6) is 11.5 Å². The molecule has 0 spiro atoms. The minimum Gasteiger partial charge on any atom is -0.486 e. The van der Waals surface area contributed by atoms with Crippen molar-refractivity contribution in [3.8, 4) is 11.5 Å². The van der Waals surface area contributed by atoms with Crippen molar-refractivity contribution in [2.45, 2.75) is 25.2 Å². The van der Waals surface area contributed by atoms with Gasteiger partial charge in [-0.3, -0.25) is 4.79 Å². The predicted octanol–water partition coefficient (Wildman–Crippen LogP) is 2.69. The van der Waals surface area contributed by atoms with E-state index < -0.39 is 10.0 Å². The van der Waals surface area contributed by atoms with Crippen LogP contribution in [0, 0.1) is 0 Å². The Balaban J connectivity index is 1.62. The van der Waals surface area contributed by atoms with Gasteiger partial charge in [-0.1, -0.05) is 13.8 Å². The van der Waals surface area contributed by atoms with E-state index in [4.69, 9.17) is 9.47 Å². The van der Waals surface area contributed by atoms with Gasteiger partial charge in [-0.2, -0.15) is 4.31 Å². The summed E-state index contributed by atoms with van der Waals surface area (Å²) in [6, 6.07) is 10.2. The van der Waals surface area contributed by atoms with Crippen molar-refractivity contribution in [1.82, 2.24) is 4.31 Å². The van der Waals surface area contributed by atoms with Gasteiger partial charge in [-0.25, -0.2) is 8.42 Å². The summed E-state index contributed by atoms with van der Waals surface area (Å²) in [5.41, 5.74) is 2.13. The summed E-state index contributed by atoms with van der Waals surface area (Å²) in [7, 11) is -3.52. The van der Waals surface area contributed by atoms with Crippen molar-refractivity contribution in [3.63, 3.8) is 0 Å². The molecule has 29 heavy (non-hydrogen) atoms. The summed E-state index contributed by atoms with van der Waals surface area (Å²) in [5.74, 6) is 1.07. The van der Waals surface area contributed by atoms with Crippen molar-refractivity contribution >= 4 is 21.6 Å². The van der Waals surface area contributed by atoms with Crippen molar-refractivity contribution in [2.75, 3.05) is 37.7 Å². The van der Waals surface area contributed by atoms with Gasteiger partial charge in [0.2, 0.25) is 10.0 Å². The largest absolute Gasteiger partial charge is 0.486 e. The van der Waals surface area contributed by atoms with Gasteiger partial charge >= 0.3 is 0 Å². The van der Waals surface area contributed by atoms with Crippen molar-refractivity contribution < 1.29 is 22.7 Å². The molecule has 0 bridgehead atoms. The van der Waals surface area contributed by atoms with Crippen LogP contribution in [0.1, 0.15) is 29.8 Å². The van der Waals surface area contributed by atoms with E-state index >= 15 is 0 Å². The zero-order valence-corrected chi connectivity index (χ0v) is 17.4. The van der Waals surface area contributed by atoms with E-state index in [-0.39, 0.29) is 10.8 Å². The second-order valence-corrected chi connectivity index (χ2v) is 8.88. The van der Waals surface area contributed by atoms with Gasteiger partial charge in [0.25, 0.3) is 5.91 Å². The lowest BCUT2D eigenvalue weighted by Gasteiger charge is -2.22. The number of hydrogen-bond donors (Lipinski definition) is 0. The molecule has 2 aromatic rings. The zero-order valence-electron chi connectivity index (χ0n) is 16.6. The van der Waals surface area contributed by atoms with E-state index in [9.17, 15) is 13.2 Å². The number of sulfonamides is 1. The molecule has 7 nitrogen and oxygen atoms in total. The molecule has 2 aromatic carbocycles. The van der Waals surface area contributed by atoms with Crippen LogP contribution in [0.3, 0.4) is 0 Å². The van der Waals surface area contributed by atoms with Gasteiger partial charge in [-0.15, -0.1) is 0 Å². The van der Waals surface area contributed by atoms with E-state index in [1.165, 1.54) is 4.31 Å². The van der Waals surface area contributed by atoms with E-state index in [0.29, 0.717) is 56.3 Å². The molecular formula is C21H24N2O5S. The summed E-state index contributed by atoms with van der Waals surface area (Å²) in [6.45, 7) is 5.95. The number of ether oxygens (including phenoxy) is 2. The van der Waals surface area contributed by atoms with Crippen LogP contribution in [0.2, 0.25) is 0 Å². The Kier molecular flexibility index (Phi) is 5.23. The third-order valence-corrected chi connectivity index (χ3v) is 7.37. The highest BCUT2D eigenvalue weighted by Gasteiger charge is 2.29. The lowest BCUT2D eigenvalue weighted by Crippen LogP contribution is -2.31. The molecule has 0 aromatic heterocycles. The van der Waals surface area contributed by atoms with Crippen LogP contribution in [0.15, 0.2) is 41.3 Å². The maximum absolute atomic E-state index is 13.1. The fraction of sp³-hybridized carbons (Fsp3) is 0.381. The standard InChI is InChI=1S/C21H24N2O5S/c1-3-22(4-2)29(25,26)17-6-7-18-15(13-17)9-10-23(18)21(24)16-5-8-19-20(14-16)28-12-11-27-19/h5-8,13-14H,3-4,9-12H2,1-2H3. The predicted molar refractivity (Wildman–Crippen MR) is 109 cm³/mol. The summed E-state index contributed by atoms with van der Waals surface area (Å²) < 4.78 is 38.1. The number of benzene rings is 2. The molecule has 0 radical (unpaired) electrons. The lowest BCUT2D eigenvalue weighted by molar-refractivity contribution is 0.0988. The number of nitrogens with zero attached hydrogens (tertiary/aromatic N) is 2. The fourth-order valence-corrected chi connectivity index (χ4v) is 5.30. The Morgan fingerprint density at radius 1 is 1.03 bits per heavy atom. The van der Waals surface area contributed by atoms with Gasteiger partial charge < -0.3 is 14.4 Å². The number of anilines is 1. The highest BCUT2D eigenvalue weighted by molar-refractivity contribution is 7.89. The first-order chi connectivity index (χ1) is 14.0. The first kappa shape index (κ1) is 19.7. The number of hydrogen-bond acceptors (Lipinski definition) is 5. The number of fused-ring (bicyclic) bond motifs is 2. The minimum atomic E-state index is -3.52. The summed E-state index contributed by atoms with van der Waals surface area (Å²) in [6.07, 6.45) is 0.618. The zero-order chi connectivity index (χ0) is 20.6. The minimum absolute atomic E-state index is 0.139. The molecule has 2 aliphatic rings. The topological polar surface area (TPSA) is 76.2 Å². The Hall–Kier alpha value is -2.58. The quantitative estimate of drug-likeness (QED) is 0.749. The van der Waals surface area contributed by atoms with Gasteiger partial charge in [0, 0.05) is 30.9 Å². The second-order valence-electron chi connectivity index (χ2n) is 6.95. The average Bonchev–Trinajstić information content (AvgIpc) is 3.17. The summed E-state index contributed by atoms with van der Waals surface area (Å²) >= 11 is 0.